The summed E-state index contributed by atoms with van der Waals surface area (Å²) in [5.74, 6) is 0. The molecule has 1 nitrogen and oxygen atoms in total. The molecule has 0 bridgehead atoms. The summed E-state index contributed by atoms with van der Waals surface area (Å²) in [5, 5.41) is 2.73. The van der Waals surface area contributed by atoms with Crippen molar-refractivity contribution in [1.29, 1.82) is 0 Å². The first-order valence-electron chi connectivity index (χ1n) is 6.21. The number of hydrogen-bond donors (Lipinski definition) is 1. The molecule has 3 rings (SSSR count). The Balaban J connectivity index is 0. The van der Waals surface area contributed by atoms with Gasteiger partial charge in [-0.25, -0.2) is 11.3 Å². The Morgan fingerprint density at radius 2 is 1.81 bits per heavy atom. The van der Waals surface area contributed by atoms with Gasteiger partial charge in [0, 0.05) is 8.80 Å². The van der Waals surface area contributed by atoms with Gasteiger partial charge in [-0.2, -0.15) is 17.0 Å². The minimum atomic E-state index is -0.194. The van der Waals surface area contributed by atoms with Crippen LogP contribution in [-0.2, 0) is 26.2 Å². The van der Waals surface area contributed by atoms with Gasteiger partial charge in [0.2, 0.25) is 0 Å². The molecule has 109 valence electrons. The molecule has 1 aromatic heterocycles. The smallest absolute Gasteiger partial charge is 1.00 e. The number of H-pyrrole nitrogens is 1. The van der Waals surface area contributed by atoms with Gasteiger partial charge in [-0.05, 0) is 0 Å². The van der Waals surface area contributed by atoms with Gasteiger partial charge in [0.1, 0.15) is 0 Å². The summed E-state index contributed by atoms with van der Waals surface area (Å²) in [6, 6.07) is 8.21. The van der Waals surface area contributed by atoms with Crippen molar-refractivity contribution in [1.82, 2.24) is 4.98 Å². The van der Waals surface area contributed by atoms with E-state index in [0.717, 1.165) is 6.42 Å². The van der Waals surface area contributed by atoms with Crippen LogP contribution in [0, 0.1) is 19.2 Å². The molecule has 21 heavy (non-hydrogen) atoms. The molecule has 1 aliphatic rings. The molecule has 0 unspecified atom stereocenters. The zero-order valence-electron chi connectivity index (χ0n) is 12.4. The molecular weight excluding hydrogens is 396 g/mol. The fraction of sp³-hybridized carbons (Fsp3) is 0.250. The minimum absolute atomic E-state index is 0. The number of rotatable bonds is 1. The van der Waals surface area contributed by atoms with Crippen LogP contribution in [0.4, 0.5) is 0 Å². The summed E-state index contributed by atoms with van der Waals surface area (Å²) in [6.07, 6.45) is 11.8. The normalized spacial score (nSPS) is 11.7. The molecule has 0 aliphatic heterocycles. The Bertz CT molecular complexity index is 591. The number of nitrogens with one attached hydrogen (secondary N) is 1. The summed E-state index contributed by atoms with van der Waals surface area (Å²) < 4.78 is 0. The van der Waals surface area contributed by atoms with Crippen molar-refractivity contribution in [2.24, 2.45) is 0 Å². The zero-order valence-corrected chi connectivity index (χ0v) is 17.4. The number of aryl methyl sites for hydroxylation is 1. The molecule has 1 aromatic carbocycles. The van der Waals surface area contributed by atoms with Crippen molar-refractivity contribution in [2.45, 2.75) is 26.4 Å². The fourth-order valence-corrected chi connectivity index (χ4v) is 2.80. The molecule has 1 radical (unpaired) electrons. The number of para-hydroxylation sites is 1. The predicted octanol–water partition coefficient (Wildman–Crippen LogP) is -1.75. The van der Waals surface area contributed by atoms with E-state index >= 15 is 0 Å². The van der Waals surface area contributed by atoms with E-state index in [2.05, 4.69) is 61.6 Å². The van der Waals surface area contributed by atoms with Gasteiger partial charge in [-0.3, -0.25) is 6.08 Å². The standard InChI is InChI=1S/C9H8N.C7H10Si.2ClH.Zr/c1-7-6-10-9-5-3-2-4-8(7)9;1-8(2)7-5-3-4-6-7;;;/h2-5,10H,1H3;3,5H,4H2,1-2H3;2*1H;/q2*-1;;;+4/p-2. The van der Waals surface area contributed by atoms with E-state index in [1.54, 1.807) is 0 Å². The third kappa shape index (κ3) is 6.69. The molecule has 1 N–H and O–H groups in total. The number of fused-ring (bicyclic) bond motifs is 1. The molecule has 2 aromatic rings. The molecule has 0 fully saturated rings. The largest absolute Gasteiger partial charge is 4.00 e. The maximum Gasteiger partial charge on any atom is 4.00 e. The van der Waals surface area contributed by atoms with E-state index in [0.29, 0.717) is 0 Å². The van der Waals surface area contributed by atoms with E-state index in [9.17, 15) is 0 Å². The van der Waals surface area contributed by atoms with Gasteiger partial charge >= 0.3 is 26.2 Å². The molecule has 0 atom stereocenters. The summed E-state index contributed by atoms with van der Waals surface area (Å²) in [6.45, 7) is 6.64. The van der Waals surface area contributed by atoms with Crippen LogP contribution in [0.3, 0.4) is 0 Å². The van der Waals surface area contributed by atoms with Crippen molar-refractivity contribution in [2.75, 3.05) is 0 Å². The van der Waals surface area contributed by atoms with Crippen molar-refractivity contribution in [3.05, 3.63) is 59.5 Å². The first kappa shape index (κ1) is 23.2. The van der Waals surface area contributed by atoms with Crippen LogP contribution in [0.25, 0.3) is 10.9 Å². The maximum absolute atomic E-state index is 3.31. The Morgan fingerprint density at radius 1 is 1.14 bits per heavy atom. The molecule has 0 saturated heterocycles. The number of aromatic amines is 1. The average Bonchev–Trinajstić information content (AvgIpc) is 3.01. The number of halogens is 2. The van der Waals surface area contributed by atoms with Crippen LogP contribution in [0.1, 0.15) is 12.0 Å². The first-order chi connectivity index (χ1) is 8.68. The van der Waals surface area contributed by atoms with Crippen LogP contribution in [0.2, 0.25) is 13.1 Å². The zero-order chi connectivity index (χ0) is 13.0. The molecule has 1 aliphatic carbocycles. The second kappa shape index (κ2) is 11.5. The number of allylic oxidation sites excluding steroid dienone is 4. The molecule has 5 heteroatoms. The summed E-state index contributed by atoms with van der Waals surface area (Å²) >= 11 is 0. The van der Waals surface area contributed by atoms with E-state index in [-0.39, 0.29) is 59.8 Å². The average molecular weight is 415 g/mol. The Hall–Kier alpha value is -0.0800. The molecule has 0 saturated carbocycles. The van der Waals surface area contributed by atoms with Gasteiger partial charge < -0.3 is 29.8 Å². The van der Waals surface area contributed by atoms with Gasteiger partial charge in [-0.15, -0.1) is 30.3 Å². The van der Waals surface area contributed by atoms with Gasteiger partial charge in [0.05, 0.1) is 0 Å². The second-order valence-corrected chi connectivity index (χ2v) is 7.16. The van der Waals surface area contributed by atoms with Crippen LogP contribution in [0.5, 0.6) is 0 Å². The Morgan fingerprint density at radius 3 is 2.29 bits per heavy atom. The van der Waals surface area contributed by atoms with Crippen molar-refractivity contribution >= 4 is 19.7 Å². The minimum Gasteiger partial charge on any atom is -1.00 e. The number of hydrogen-bond acceptors (Lipinski definition) is 0. The van der Waals surface area contributed by atoms with Crippen LogP contribution < -0.4 is 24.8 Å². The molecule has 0 amide bonds. The van der Waals surface area contributed by atoms with E-state index < -0.39 is 0 Å². The molecule has 0 spiro atoms. The third-order valence-corrected chi connectivity index (χ3v) is 4.37. The van der Waals surface area contributed by atoms with E-state index in [1.165, 1.54) is 21.7 Å². The summed E-state index contributed by atoms with van der Waals surface area (Å²) in [5.41, 5.74) is 2.36. The predicted molar refractivity (Wildman–Crippen MR) is 79.9 cm³/mol. The topological polar surface area (TPSA) is 15.8 Å². The number of benzene rings is 1. The van der Waals surface area contributed by atoms with Gasteiger partial charge in [0.25, 0.3) is 0 Å². The van der Waals surface area contributed by atoms with Crippen molar-refractivity contribution in [3.63, 3.8) is 0 Å². The van der Waals surface area contributed by atoms with Crippen molar-refractivity contribution in [3.8, 4) is 0 Å². The van der Waals surface area contributed by atoms with Crippen LogP contribution in [-0.4, -0.2) is 13.8 Å². The van der Waals surface area contributed by atoms with Gasteiger partial charge in [-0.1, -0.05) is 32.2 Å². The quantitative estimate of drug-likeness (QED) is 0.421. The Labute approximate surface area is 160 Å². The third-order valence-electron chi connectivity index (χ3n) is 2.95. The fourth-order valence-electron chi connectivity index (χ4n) is 1.90. The second-order valence-electron chi connectivity index (χ2n) is 4.62. The summed E-state index contributed by atoms with van der Waals surface area (Å²) in [7, 11) is -0.194. The number of aromatic nitrogens is 1. The van der Waals surface area contributed by atoms with Crippen LogP contribution >= 0.6 is 0 Å². The van der Waals surface area contributed by atoms with Crippen molar-refractivity contribution < 1.29 is 51.0 Å². The SMILES string of the molecule is C[Si](C)C1=[C-]CC=C1.Cc1[c-][nH]c2ccccc12.[Cl-].[Cl-].[Zr+4]. The van der Waals surface area contributed by atoms with Crippen LogP contribution in [0.15, 0.2) is 41.6 Å². The van der Waals surface area contributed by atoms with E-state index in [4.69, 9.17) is 0 Å². The maximum atomic E-state index is 3.31. The Kier molecular flexibility index (Phi) is 12.7. The molecular formula is C16H18Cl2NSiZr. The van der Waals surface area contributed by atoms with E-state index in [1.807, 2.05) is 12.1 Å². The van der Waals surface area contributed by atoms with Gasteiger partial charge in [0.15, 0.2) is 0 Å². The molecule has 1 heterocycles. The monoisotopic (exact) mass is 412 g/mol. The summed E-state index contributed by atoms with van der Waals surface area (Å²) in [4.78, 5) is 3.06. The first-order valence-corrected chi connectivity index (χ1v) is 8.71.